The molecule has 1 unspecified atom stereocenters. The largest absolute Gasteiger partial charge is 0.465 e. The third kappa shape index (κ3) is 2.43. The number of hydrogen-bond acceptors (Lipinski definition) is 5. The van der Waals surface area contributed by atoms with Crippen molar-refractivity contribution in [1.82, 2.24) is 14.9 Å². The van der Waals surface area contributed by atoms with E-state index in [2.05, 4.69) is 14.9 Å². The first-order valence-corrected chi connectivity index (χ1v) is 9.04. The molecule has 1 N–H and O–H groups in total. The van der Waals surface area contributed by atoms with Gasteiger partial charge in [-0.2, -0.15) is 0 Å². The van der Waals surface area contributed by atoms with E-state index in [-0.39, 0.29) is 17.9 Å². The van der Waals surface area contributed by atoms with E-state index in [1.165, 1.54) is 18.4 Å². The minimum Gasteiger partial charge on any atom is -0.465 e. The molecule has 24 heavy (non-hydrogen) atoms. The zero-order chi connectivity index (χ0) is 16.7. The number of aromatic nitrogens is 2. The van der Waals surface area contributed by atoms with Crippen LogP contribution in [0.4, 0.5) is 0 Å². The number of nitrogens with one attached hydrogen (secondary N) is 1. The highest BCUT2D eigenvalue weighted by atomic mass is 32.1. The Morgan fingerprint density at radius 2 is 2.04 bits per heavy atom. The lowest BCUT2D eigenvalue weighted by atomic mass is 9.92. The zero-order valence-corrected chi connectivity index (χ0v) is 14.3. The number of rotatable bonds is 3. The van der Waals surface area contributed by atoms with E-state index >= 15 is 0 Å². The van der Waals surface area contributed by atoms with Gasteiger partial charge in [-0.05, 0) is 43.2 Å². The van der Waals surface area contributed by atoms with E-state index in [4.69, 9.17) is 4.74 Å². The van der Waals surface area contributed by atoms with Gasteiger partial charge in [-0.15, -0.1) is 11.3 Å². The maximum absolute atomic E-state index is 12.8. The molecule has 0 bridgehead atoms. The van der Waals surface area contributed by atoms with Gasteiger partial charge in [0.25, 0.3) is 5.91 Å². The van der Waals surface area contributed by atoms with Crippen LogP contribution in [0.1, 0.15) is 61.5 Å². The number of carbonyl (C=O) groups excluding carboxylic acids is 2. The van der Waals surface area contributed by atoms with Gasteiger partial charge >= 0.3 is 5.97 Å². The van der Waals surface area contributed by atoms with Crippen LogP contribution in [0.5, 0.6) is 0 Å². The average molecular weight is 345 g/mol. The maximum atomic E-state index is 12.8. The molecule has 6 nitrogen and oxygen atoms in total. The van der Waals surface area contributed by atoms with Gasteiger partial charge in [0.1, 0.15) is 4.88 Å². The summed E-state index contributed by atoms with van der Waals surface area (Å²) in [7, 11) is 1.39. The molecule has 1 aliphatic carbocycles. The number of methoxy groups -OCH3 is 1. The van der Waals surface area contributed by atoms with Gasteiger partial charge in [-0.3, -0.25) is 4.79 Å². The molecule has 2 aromatic rings. The second-order valence-corrected chi connectivity index (χ2v) is 7.26. The summed E-state index contributed by atoms with van der Waals surface area (Å²) in [6.07, 6.45) is 8.29. The van der Waals surface area contributed by atoms with Crippen LogP contribution in [0.3, 0.4) is 0 Å². The summed E-state index contributed by atoms with van der Waals surface area (Å²) in [6.45, 7) is 0.871. The molecule has 2 aromatic heterocycles. The number of aryl methyl sites for hydroxylation is 1. The minimum absolute atomic E-state index is 0.0112. The van der Waals surface area contributed by atoms with Crippen molar-refractivity contribution in [2.75, 3.05) is 7.11 Å². The number of fused-ring (bicyclic) bond motifs is 2. The van der Waals surface area contributed by atoms with E-state index in [1.807, 2.05) is 6.20 Å². The van der Waals surface area contributed by atoms with Gasteiger partial charge in [0.2, 0.25) is 0 Å². The summed E-state index contributed by atoms with van der Waals surface area (Å²) in [5.74, 6) is -0.427. The van der Waals surface area contributed by atoms with Crippen LogP contribution in [-0.4, -0.2) is 28.5 Å². The quantitative estimate of drug-likeness (QED) is 0.868. The average Bonchev–Trinajstić information content (AvgIpc) is 3.29. The number of nitrogens with zero attached hydrogens (tertiary/aromatic N) is 2. The lowest BCUT2D eigenvalue weighted by Gasteiger charge is -2.15. The lowest BCUT2D eigenvalue weighted by Crippen LogP contribution is -2.27. The summed E-state index contributed by atoms with van der Waals surface area (Å²) in [6, 6.07) is -0.0112. The normalized spacial score (nSPS) is 18.8. The predicted molar refractivity (Wildman–Crippen MR) is 89.4 cm³/mol. The van der Waals surface area contributed by atoms with Crippen molar-refractivity contribution in [1.29, 1.82) is 0 Å². The smallest absolute Gasteiger partial charge is 0.348 e. The molecule has 0 aromatic carbocycles. The molecule has 2 aliphatic rings. The van der Waals surface area contributed by atoms with E-state index in [0.717, 1.165) is 55.5 Å². The van der Waals surface area contributed by atoms with Crippen molar-refractivity contribution in [2.45, 2.75) is 44.7 Å². The van der Waals surface area contributed by atoms with Crippen molar-refractivity contribution in [2.24, 2.45) is 0 Å². The third-order valence-electron chi connectivity index (χ3n) is 4.86. The SMILES string of the molecule is COC(=O)c1sc(C(=O)NC2CCn3cncc32)c2c1CCCC2. The van der Waals surface area contributed by atoms with Crippen molar-refractivity contribution in [3.63, 3.8) is 0 Å². The predicted octanol–water partition coefficient (Wildman–Crippen LogP) is 2.48. The molecule has 0 saturated carbocycles. The molecule has 126 valence electrons. The van der Waals surface area contributed by atoms with E-state index in [0.29, 0.717) is 9.75 Å². The van der Waals surface area contributed by atoms with Crippen LogP contribution in [0.25, 0.3) is 0 Å². The highest BCUT2D eigenvalue weighted by molar-refractivity contribution is 7.16. The Morgan fingerprint density at radius 3 is 2.79 bits per heavy atom. The fourth-order valence-corrected chi connectivity index (χ4v) is 4.89. The van der Waals surface area contributed by atoms with Crippen molar-refractivity contribution >= 4 is 23.2 Å². The highest BCUT2D eigenvalue weighted by Gasteiger charge is 2.30. The van der Waals surface area contributed by atoms with Gasteiger partial charge in [0, 0.05) is 6.54 Å². The van der Waals surface area contributed by atoms with Gasteiger partial charge in [0.05, 0.1) is 36.2 Å². The first-order chi connectivity index (χ1) is 11.7. The van der Waals surface area contributed by atoms with Crippen molar-refractivity contribution in [3.05, 3.63) is 39.1 Å². The summed E-state index contributed by atoms with van der Waals surface area (Å²) >= 11 is 1.27. The first kappa shape index (κ1) is 15.4. The van der Waals surface area contributed by atoms with Gasteiger partial charge < -0.3 is 14.6 Å². The van der Waals surface area contributed by atoms with Gasteiger partial charge in [0.15, 0.2) is 0 Å². The zero-order valence-electron chi connectivity index (χ0n) is 13.5. The van der Waals surface area contributed by atoms with Crippen LogP contribution in [-0.2, 0) is 24.1 Å². The second kappa shape index (κ2) is 6.05. The fraction of sp³-hybridized carbons (Fsp3) is 0.471. The van der Waals surface area contributed by atoms with Gasteiger partial charge in [-0.25, -0.2) is 9.78 Å². The van der Waals surface area contributed by atoms with E-state index < -0.39 is 0 Å². The molecule has 4 rings (SSSR count). The third-order valence-corrected chi connectivity index (χ3v) is 6.12. The molecule has 3 heterocycles. The highest BCUT2D eigenvalue weighted by Crippen LogP contribution is 2.35. The monoisotopic (exact) mass is 345 g/mol. The van der Waals surface area contributed by atoms with E-state index in [1.54, 1.807) is 6.33 Å². The van der Waals surface area contributed by atoms with Crippen LogP contribution < -0.4 is 5.32 Å². The summed E-state index contributed by atoms with van der Waals surface area (Å²) < 4.78 is 6.96. The number of ether oxygens (including phenoxy) is 1. The lowest BCUT2D eigenvalue weighted by molar-refractivity contribution is 0.0604. The van der Waals surface area contributed by atoms with Gasteiger partial charge in [-0.1, -0.05) is 0 Å². The van der Waals surface area contributed by atoms with Crippen molar-refractivity contribution < 1.29 is 14.3 Å². The molecule has 1 amide bonds. The van der Waals surface area contributed by atoms with Crippen LogP contribution in [0.15, 0.2) is 12.5 Å². The second-order valence-electron chi connectivity index (χ2n) is 6.24. The van der Waals surface area contributed by atoms with Crippen LogP contribution >= 0.6 is 11.3 Å². The Kier molecular flexibility index (Phi) is 3.88. The number of amides is 1. The topological polar surface area (TPSA) is 73.2 Å². The molecule has 0 radical (unpaired) electrons. The Morgan fingerprint density at radius 1 is 1.29 bits per heavy atom. The number of carbonyl (C=O) groups is 2. The molecule has 0 saturated heterocycles. The summed E-state index contributed by atoms with van der Waals surface area (Å²) in [4.78, 5) is 30.3. The summed E-state index contributed by atoms with van der Waals surface area (Å²) in [5.41, 5.74) is 3.09. The minimum atomic E-state index is -0.337. The molecule has 7 heteroatoms. The maximum Gasteiger partial charge on any atom is 0.348 e. The molecule has 0 spiro atoms. The fourth-order valence-electron chi connectivity index (χ4n) is 3.67. The molecule has 1 atom stereocenters. The Balaban J connectivity index is 1.63. The molecular formula is C17H19N3O3S. The standard InChI is InChI=1S/C17H19N3O3S/c1-23-17(22)15-11-5-3-2-4-10(11)14(24-15)16(21)19-12-6-7-20-9-18-8-13(12)20/h8-9,12H,2-7H2,1H3,(H,19,21). The Hall–Kier alpha value is -2.15. The Labute approximate surface area is 143 Å². The molecule has 1 aliphatic heterocycles. The number of hydrogen-bond donors (Lipinski definition) is 1. The number of esters is 1. The van der Waals surface area contributed by atoms with Crippen LogP contribution in [0.2, 0.25) is 0 Å². The molecular weight excluding hydrogens is 326 g/mol. The first-order valence-electron chi connectivity index (χ1n) is 8.22. The van der Waals surface area contributed by atoms with E-state index in [9.17, 15) is 9.59 Å². The van der Waals surface area contributed by atoms with Crippen molar-refractivity contribution in [3.8, 4) is 0 Å². The Bertz CT molecular complexity index is 808. The van der Waals surface area contributed by atoms with Crippen LogP contribution in [0, 0.1) is 0 Å². The number of thiophene rings is 1. The molecule has 0 fully saturated rings. The summed E-state index contributed by atoms with van der Waals surface area (Å²) in [5, 5.41) is 3.12. The number of imidazole rings is 1.